The van der Waals surface area contributed by atoms with Crippen LogP contribution < -0.4 is 0 Å². The molecular formula is C7H12O2. The summed E-state index contributed by atoms with van der Waals surface area (Å²) in [5, 5.41) is 17.1. The maximum atomic E-state index is 8.53. The van der Waals surface area contributed by atoms with Crippen LogP contribution in [-0.4, -0.2) is 10.2 Å². The second kappa shape index (κ2) is 4.01. The molecule has 2 heteroatoms. The molecule has 0 radical (unpaired) electrons. The monoisotopic (exact) mass is 128 g/mol. The van der Waals surface area contributed by atoms with Gasteiger partial charge in [-0.2, -0.15) is 0 Å². The Bertz CT molecular complexity index is 121. The maximum absolute atomic E-state index is 8.53. The van der Waals surface area contributed by atoms with Gasteiger partial charge in [-0.05, 0) is 12.8 Å². The summed E-state index contributed by atoms with van der Waals surface area (Å²) in [4.78, 5) is 0. The van der Waals surface area contributed by atoms with Crippen molar-refractivity contribution in [2.45, 2.75) is 19.8 Å². The Morgan fingerprint density at radius 2 is 2.11 bits per heavy atom. The molecule has 0 aromatic rings. The fourth-order valence-electron chi connectivity index (χ4n) is 0.568. The second-order valence-electron chi connectivity index (χ2n) is 1.77. The Labute approximate surface area is 55.1 Å². The van der Waals surface area contributed by atoms with Crippen LogP contribution in [0.1, 0.15) is 19.8 Å². The highest BCUT2D eigenvalue weighted by molar-refractivity contribution is 5.04. The lowest BCUT2D eigenvalue weighted by Crippen LogP contribution is -1.86. The van der Waals surface area contributed by atoms with Gasteiger partial charge in [-0.25, -0.2) is 0 Å². The number of aliphatic hydroxyl groups is 2. The fourth-order valence-corrected chi connectivity index (χ4v) is 0.568. The van der Waals surface area contributed by atoms with E-state index in [2.05, 4.69) is 6.58 Å². The molecule has 0 aliphatic carbocycles. The van der Waals surface area contributed by atoms with Gasteiger partial charge in [-0.3, -0.25) is 0 Å². The SMILES string of the molecule is C=CCC(CC)=C(O)O. The lowest BCUT2D eigenvalue weighted by atomic mass is 10.1. The minimum Gasteiger partial charge on any atom is -0.481 e. The van der Waals surface area contributed by atoms with Crippen LogP contribution in [0.25, 0.3) is 0 Å². The number of rotatable bonds is 3. The first-order chi connectivity index (χ1) is 4.22. The molecule has 0 aliphatic rings. The molecule has 2 N–H and O–H groups in total. The van der Waals surface area contributed by atoms with Crippen molar-refractivity contribution in [1.82, 2.24) is 0 Å². The predicted octanol–water partition coefficient (Wildman–Crippen LogP) is 2.30. The van der Waals surface area contributed by atoms with E-state index < -0.39 is 5.95 Å². The Kier molecular flexibility index (Phi) is 3.60. The van der Waals surface area contributed by atoms with Crippen LogP contribution in [0.4, 0.5) is 0 Å². The number of hydrogen-bond acceptors (Lipinski definition) is 2. The lowest BCUT2D eigenvalue weighted by Gasteiger charge is -1.97. The van der Waals surface area contributed by atoms with E-state index in [0.717, 1.165) is 0 Å². The fraction of sp³-hybridized carbons (Fsp3) is 0.429. The van der Waals surface area contributed by atoms with Gasteiger partial charge in [0.25, 0.3) is 5.95 Å². The Morgan fingerprint density at radius 3 is 2.22 bits per heavy atom. The number of allylic oxidation sites excluding steroid dienone is 2. The first-order valence-electron chi connectivity index (χ1n) is 2.93. The van der Waals surface area contributed by atoms with E-state index in [-0.39, 0.29) is 0 Å². The van der Waals surface area contributed by atoms with Crippen LogP contribution in [0.3, 0.4) is 0 Å². The van der Waals surface area contributed by atoms with E-state index in [1.165, 1.54) is 0 Å². The molecule has 0 heterocycles. The van der Waals surface area contributed by atoms with Gasteiger partial charge < -0.3 is 10.2 Å². The second-order valence-corrected chi connectivity index (χ2v) is 1.77. The van der Waals surface area contributed by atoms with Crippen molar-refractivity contribution in [3.8, 4) is 0 Å². The summed E-state index contributed by atoms with van der Waals surface area (Å²) in [6, 6.07) is 0. The van der Waals surface area contributed by atoms with Crippen molar-refractivity contribution in [1.29, 1.82) is 0 Å². The van der Waals surface area contributed by atoms with Crippen molar-refractivity contribution in [3.63, 3.8) is 0 Å². The zero-order valence-corrected chi connectivity index (χ0v) is 5.59. The smallest absolute Gasteiger partial charge is 0.273 e. The summed E-state index contributed by atoms with van der Waals surface area (Å²) >= 11 is 0. The van der Waals surface area contributed by atoms with Gasteiger partial charge in [-0.15, -0.1) is 6.58 Å². The molecule has 0 atom stereocenters. The topological polar surface area (TPSA) is 40.5 Å². The maximum Gasteiger partial charge on any atom is 0.273 e. The highest BCUT2D eigenvalue weighted by atomic mass is 16.5. The molecule has 0 unspecified atom stereocenters. The van der Waals surface area contributed by atoms with Gasteiger partial charge in [0, 0.05) is 5.57 Å². The van der Waals surface area contributed by atoms with E-state index in [4.69, 9.17) is 10.2 Å². The summed E-state index contributed by atoms with van der Waals surface area (Å²) in [5.41, 5.74) is 0.630. The van der Waals surface area contributed by atoms with Crippen LogP contribution in [0.5, 0.6) is 0 Å². The van der Waals surface area contributed by atoms with Gasteiger partial charge in [0.15, 0.2) is 0 Å². The van der Waals surface area contributed by atoms with E-state index in [1.54, 1.807) is 6.08 Å². The summed E-state index contributed by atoms with van der Waals surface area (Å²) in [5.74, 6) is -0.558. The Morgan fingerprint density at radius 1 is 1.56 bits per heavy atom. The van der Waals surface area contributed by atoms with E-state index in [9.17, 15) is 0 Å². The van der Waals surface area contributed by atoms with Crippen molar-refractivity contribution in [2.24, 2.45) is 0 Å². The third-order valence-electron chi connectivity index (χ3n) is 1.13. The Hall–Kier alpha value is -0.920. The van der Waals surface area contributed by atoms with Gasteiger partial charge in [0.1, 0.15) is 0 Å². The largest absolute Gasteiger partial charge is 0.481 e. The zero-order valence-electron chi connectivity index (χ0n) is 5.59. The molecule has 0 bridgehead atoms. The van der Waals surface area contributed by atoms with Crippen LogP contribution in [0.2, 0.25) is 0 Å². The average molecular weight is 128 g/mol. The molecule has 0 aliphatic heterocycles. The van der Waals surface area contributed by atoms with Crippen molar-refractivity contribution >= 4 is 0 Å². The van der Waals surface area contributed by atoms with Crippen LogP contribution in [0, 0.1) is 0 Å². The number of hydrogen-bond donors (Lipinski definition) is 2. The highest BCUT2D eigenvalue weighted by Gasteiger charge is 1.97. The quantitative estimate of drug-likeness (QED) is 0.452. The molecule has 0 rings (SSSR count). The first kappa shape index (κ1) is 8.08. The molecule has 52 valence electrons. The molecule has 0 fully saturated rings. The molecule has 9 heavy (non-hydrogen) atoms. The first-order valence-corrected chi connectivity index (χ1v) is 2.93. The van der Waals surface area contributed by atoms with Gasteiger partial charge in [-0.1, -0.05) is 13.0 Å². The molecule has 0 saturated carbocycles. The van der Waals surface area contributed by atoms with Crippen molar-refractivity contribution in [2.75, 3.05) is 0 Å². The molecule has 0 spiro atoms. The summed E-state index contributed by atoms with van der Waals surface area (Å²) < 4.78 is 0. The molecule has 2 nitrogen and oxygen atoms in total. The Balaban J connectivity index is 3.97. The predicted molar refractivity (Wildman–Crippen MR) is 37.4 cm³/mol. The molecule has 0 aromatic heterocycles. The van der Waals surface area contributed by atoms with E-state index in [0.29, 0.717) is 18.4 Å². The summed E-state index contributed by atoms with van der Waals surface area (Å²) in [6.07, 6.45) is 2.86. The zero-order chi connectivity index (χ0) is 7.28. The van der Waals surface area contributed by atoms with Crippen LogP contribution >= 0.6 is 0 Å². The van der Waals surface area contributed by atoms with Gasteiger partial charge >= 0.3 is 0 Å². The minimum absolute atomic E-state index is 0.554. The van der Waals surface area contributed by atoms with Gasteiger partial charge in [0.2, 0.25) is 0 Å². The third kappa shape index (κ3) is 2.80. The summed E-state index contributed by atoms with van der Waals surface area (Å²) in [6.45, 7) is 5.34. The van der Waals surface area contributed by atoms with Crippen LogP contribution in [-0.2, 0) is 0 Å². The van der Waals surface area contributed by atoms with E-state index in [1.807, 2.05) is 6.92 Å². The number of aliphatic hydroxyl groups excluding tert-OH is 1. The van der Waals surface area contributed by atoms with E-state index >= 15 is 0 Å². The average Bonchev–Trinajstić information content (AvgIpc) is 1.82. The minimum atomic E-state index is -0.558. The molecule has 0 amide bonds. The molecule has 0 saturated heterocycles. The molecule has 0 aromatic carbocycles. The lowest BCUT2D eigenvalue weighted by molar-refractivity contribution is 0.183. The van der Waals surface area contributed by atoms with Crippen LogP contribution in [0.15, 0.2) is 24.2 Å². The summed E-state index contributed by atoms with van der Waals surface area (Å²) in [7, 11) is 0. The normalized spacial score (nSPS) is 8.56. The highest BCUT2D eigenvalue weighted by Crippen LogP contribution is 2.08. The third-order valence-corrected chi connectivity index (χ3v) is 1.13. The van der Waals surface area contributed by atoms with Crippen molar-refractivity contribution in [3.05, 3.63) is 24.2 Å². The van der Waals surface area contributed by atoms with Crippen molar-refractivity contribution < 1.29 is 10.2 Å². The van der Waals surface area contributed by atoms with Gasteiger partial charge in [0.05, 0.1) is 0 Å². The standard InChI is InChI=1S/C7H12O2/c1-3-5-6(4-2)7(8)9/h3,8-9H,1,4-5H2,2H3. The molecular weight excluding hydrogens is 116 g/mol.